The zero-order valence-electron chi connectivity index (χ0n) is 21.8. The molecule has 31 heavy (non-hydrogen) atoms. The maximum Gasteiger partial charge on any atom is 0.0641 e. The topological polar surface area (TPSA) is 40.5 Å². The molecule has 0 spiro atoms. The molecule has 0 bridgehead atoms. The maximum absolute atomic E-state index is 10.0. The smallest absolute Gasteiger partial charge is 0.0641 e. The van der Waals surface area contributed by atoms with Gasteiger partial charge in [-0.1, -0.05) is 155 Å². The van der Waals surface area contributed by atoms with Gasteiger partial charge < -0.3 is 10.2 Å². The molecule has 0 saturated heterocycles. The highest BCUT2D eigenvalue weighted by molar-refractivity contribution is 4.71. The van der Waals surface area contributed by atoms with E-state index in [4.69, 9.17) is 5.11 Å². The zero-order valence-corrected chi connectivity index (χ0v) is 21.8. The molecule has 0 radical (unpaired) electrons. The third-order valence-corrected chi connectivity index (χ3v) is 6.97. The minimum Gasteiger partial charge on any atom is -0.396 e. The summed E-state index contributed by atoms with van der Waals surface area (Å²) < 4.78 is 0. The van der Waals surface area contributed by atoms with Gasteiger partial charge in [0.15, 0.2) is 0 Å². The molecule has 0 saturated carbocycles. The quantitative estimate of drug-likeness (QED) is 0.131. The van der Waals surface area contributed by atoms with Gasteiger partial charge in [0, 0.05) is 6.61 Å². The van der Waals surface area contributed by atoms with Crippen LogP contribution in [0.1, 0.15) is 174 Å². The van der Waals surface area contributed by atoms with Crippen molar-refractivity contribution in [2.45, 2.75) is 180 Å². The van der Waals surface area contributed by atoms with Gasteiger partial charge in [0.2, 0.25) is 0 Å². The monoisotopic (exact) mass is 440 g/mol. The van der Waals surface area contributed by atoms with Gasteiger partial charge >= 0.3 is 0 Å². The third-order valence-electron chi connectivity index (χ3n) is 6.97. The number of unbranched alkanes of at least 4 members (excludes halogenated alkanes) is 22. The van der Waals surface area contributed by atoms with E-state index >= 15 is 0 Å². The lowest BCUT2D eigenvalue weighted by Gasteiger charge is -2.21. The molecule has 0 amide bonds. The first-order chi connectivity index (χ1) is 15.1. The van der Waals surface area contributed by atoms with Crippen molar-refractivity contribution in [2.24, 2.45) is 0 Å². The molecular formula is C29H60O2. The maximum atomic E-state index is 10.0. The van der Waals surface area contributed by atoms with Crippen LogP contribution in [-0.2, 0) is 0 Å². The van der Waals surface area contributed by atoms with E-state index in [2.05, 4.69) is 6.92 Å². The van der Waals surface area contributed by atoms with Crippen LogP contribution < -0.4 is 0 Å². The Kier molecular flexibility index (Phi) is 24.5. The Morgan fingerprint density at radius 2 is 0.677 bits per heavy atom. The van der Waals surface area contributed by atoms with Crippen molar-refractivity contribution < 1.29 is 10.2 Å². The van der Waals surface area contributed by atoms with Crippen molar-refractivity contribution in [3.63, 3.8) is 0 Å². The SMILES string of the molecule is CCCCCCCCCCCCCCCCCCCCCCCCC[C@@](C)(O)CCO. The molecule has 188 valence electrons. The van der Waals surface area contributed by atoms with Gasteiger partial charge in [-0.15, -0.1) is 0 Å². The Hall–Kier alpha value is -0.0800. The summed E-state index contributed by atoms with van der Waals surface area (Å²) >= 11 is 0. The summed E-state index contributed by atoms with van der Waals surface area (Å²) in [4.78, 5) is 0. The fraction of sp³-hybridized carbons (Fsp3) is 1.00. The fourth-order valence-electron chi connectivity index (χ4n) is 4.66. The molecule has 0 aliphatic carbocycles. The molecule has 0 aromatic carbocycles. The molecule has 0 aliphatic heterocycles. The average molecular weight is 441 g/mol. The second-order valence-corrected chi connectivity index (χ2v) is 10.5. The minimum absolute atomic E-state index is 0.0896. The van der Waals surface area contributed by atoms with Crippen LogP contribution >= 0.6 is 0 Å². The van der Waals surface area contributed by atoms with Crippen LogP contribution in [0.5, 0.6) is 0 Å². The lowest BCUT2D eigenvalue weighted by atomic mass is 9.94. The van der Waals surface area contributed by atoms with Gasteiger partial charge in [0.05, 0.1) is 5.60 Å². The van der Waals surface area contributed by atoms with Crippen molar-refractivity contribution in [3.8, 4) is 0 Å². The van der Waals surface area contributed by atoms with Gasteiger partial charge in [0.1, 0.15) is 0 Å². The van der Waals surface area contributed by atoms with E-state index in [1.807, 2.05) is 6.92 Å². The highest BCUT2D eigenvalue weighted by Crippen LogP contribution is 2.19. The predicted molar refractivity (Wildman–Crippen MR) is 139 cm³/mol. The summed E-state index contributed by atoms with van der Waals surface area (Å²) in [5.74, 6) is 0. The fourth-order valence-corrected chi connectivity index (χ4v) is 4.66. The van der Waals surface area contributed by atoms with E-state index in [1.54, 1.807) is 0 Å². The average Bonchev–Trinajstić information content (AvgIpc) is 2.74. The summed E-state index contributed by atoms with van der Waals surface area (Å²) in [6.45, 7) is 4.23. The number of hydrogen-bond acceptors (Lipinski definition) is 2. The van der Waals surface area contributed by atoms with Crippen LogP contribution in [0.4, 0.5) is 0 Å². The van der Waals surface area contributed by atoms with E-state index in [0.717, 1.165) is 12.8 Å². The second-order valence-electron chi connectivity index (χ2n) is 10.5. The Morgan fingerprint density at radius 1 is 0.419 bits per heavy atom. The van der Waals surface area contributed by atoms with Crippen LogP contribution in [0.2, 0.25) is 0 Å². The van der Waals surface area contributed by atoms with Gasteiger partial charge in [-0.25, -0.2) is 0 Å². The molecule has 2 heteroatoms. The van der Waals surface area contributed by atoms with E-state index in [-0.39, 0.29) is 6.61 Å². The number of hydrogen-bond donors (Lipinski definition) is 2. The van der Waals surface area contributed by atoms with Crippen molar-refractivity contribution in [1.29, 1.82) is 0 Å². The van der Waals surface area contributed by atoms with Crippen LogP contribution in [0.25, 0.3) is 0 Å². The molecule has 2 nitrogen and oxygen atoms in total. The molecule has 0 fully saturated rings. The molecular weight excluding hydrogens is 380 g/mol. The summed E-state index contributed by atoms with van der Waals surface area (Å²) in [6.07, 6.45) is 33.7. The Balaban J connectivity index is 3.08. The third kappa shape index (κ3) is 26.1. The number of rotatable bonds is 26. The summed E-state index contributed by atoms with van der Waals surface area (Å²) in [5.41, 5.74) is -0.665. The van der Waals surface area contributed by atoms with E-state index in [1.165, 1.54) is 141 Å². The van der Waals surface area contributed by atoms with E-state index in [0.29, 0.717) is 6.42 Å². The normalized spacial score (nSPS) is 13.5. The Bertz CT molecular complexity index is 327. The van der Waals surface area contributed by atoms with Crippen LogP contribution in [-0.4, -0.2) is 22.4 Å². The lowest BCUT2D eigenvalue weighted by molar-refractivity contribution is 0.0232. The molecule has 0 rings (SSSR count). The van der Waals surface area contributed by atoms with Crippen molar-refractivity contribution in [1.82, 2.24) is 0 Å². The summed E-state index contributed by atoms with van der Waals surface area (Å²) in [6, 6.07) is 0. The highest BCUT2D eigenvalue weighted by Gasteiger charge is 2.18. The molecule has 0 aromatic heterocycles. The first-order valence-electron chi connectivity index (χ1n) is 14.5. The Labute approximate surface area is 197 Å². The number of aliphatic hydroxyl groups is 2. The van der Waals surface area contributed by atoms with Crippen molar-refractivity contribution in [3.05, 3.63) is 0 Å². The largest absolute Gasteiger partial charge is 0.396 e. The summed E-state index contributed by atoms with van der Waals surface area (Å²) in [7, 11) is 0. The van der Waals surface area contributed by atoms with Crippen molar-refractivity contribution in [2.75, 3.05) is 6.61 Å². The Morgan fingerprint density at radius 3 is 0.935 bits per heavy atom. The molecule has 0 unspecified atom stereocenters. The van der Waals surface area contributed by atoms with Crippen LogP contribution in [0.15, 0.2) is 0 Å². The standard InChI is InChI=1S/C29H60O2/c1-3-4-5-6-7-8-9-10-11-12-13-14-15-16-17-18-19-20-21-22-23-24-25-26-29(2,31)27-28-30/h30-31H,3-28H2,1-2H3/t29-/m1/s1. The predicted octanol–water partition coefficient (Wildman–Crippen LogP) is 9.50. The molecule has 2 N–H and O–H groups in total. The van der Waals surface area contributed by atoms with Crippen LogP contribution in [0.3, 0.4) is 0 Å². The molecule has 0 aliphatic rings. The first-order valence-corrected chi connectivity index (χ1v) is 14.5. The van der Waals surface area contributed by atoms with E-state index < -0.39 is 5.60 Å². The van der Waals surface area contributed by atoms with Gasteiger partial charge in [-0.05, 0) is 19.8 Å². The van der Waals surface area contributed by atoms with Gasteiger partial charge in [-0.2, -0.15) is 0 Å². The van der Waals surface area contributed by atoms with Crippen LogP contribution in [0, 0.1) is 0 Å². The van der Waals surface area contributed by atoms with Crippen molar-refractivity contribution >= 4 is 0 Å². The highest BCUT2D eigenvalue weighted by atomic mass is 16.3. The minimum atomic E-state index is -0.665. The second kappa shape index (κ2) is 24.6. The molecule has 0 heterocycles. The van der Waals surface area contributed by atoms with Gasteiger partial charge in [0.25, 0.3) is 0 Å². The van der Waals surface area contributed by atoms with E-state index in [9.17, 15) is 5.11 Å². The molecule has 0 aromatic rings. The number of aliphatic hydroxyl groups excluding tert-OH is 1. The first kappa shape index (κ1) is 30.9. The molecule has 1 atom stereocenters. The zero-order chi connectivity index (χ0) is 22.9. The lowest BCUT2D eigenvalue weighted by Crippen LogP contribution is -2.25. The van der Waals surface area contributed by atoms with Gasteiger partial charge in [-0.3, -0.25) is 0 Å². The summed E-state index contributed by atoms with van der Waals surface area (Å²) in [5, 5.41) is 19.0.